The molecule has 0 saturated carbocycles. The zero-order chi connectivity index (χ0) is 14.7. The Bertz CT molecular complexity index is 666. The smallest absolute Gasteiger partial charge is 0.272 e. The second kappa shape index (κ2) is 5.66. The number of halogens is 1. The number of H-pyrrole nitrogens is 1. The minimum atomic E-state index is -0.355. The maximum Gasteiger partial charge on any atom is 0.272 e. The molecule has 0 radical (unpaired) electrons. The Morgan fingerprint density at radius 2 is 2.00 bits per heavy atom. The molecule has 0 unspecified atom stereocenters. The lowest BCUT2D eigenvalue weighted by molar-refractivity contribution is 0.0961. The van der Waals surface area contributed by atoms with Crippen LogP contribution in [0.25, 0.3) is 0 Å². The zero-order valence-corrected chi connectivity index (χ0v) is 11.4. The molecule has 0 saturated heterocycles. The quantitative estimate of drug-likeness (QED) is 0.694. The Balaban J connectivity index is 2.22. The van der Waals surface area contributed by atoms with Crippen molar-refractivity contribution in [2.75, 3.05) is 18.1 Å². The lowest BCUT2D eigenvalue weighted by Crippen LogP contribution is -2.19. The van der Waals surface area contributed by atoms with E-state index < -0.39 is 0 Å². The fourth-order valence-corrected chi connectivity index (χ4v) is 1.86. The van der Waals surface area contributed by atoms with Crippen molar-refractivity contribution in [3.05, 3.63) is 46.7 Å². The van der Waals surface area contributed by atoms with E-state index in [1.54, 1.807) is 12.1 Å². The minimum absolute atomic E-state index is 0.290. The molecule has 5 N–H and O–H groups in total. The van der Waals surface area contributed by atoms with Gasteiger partial charge in [0.05, 0.1) is 10.6 Å². The Morgan fingerprint density at radius 3 is 2.60 bits per heavy atom. The topological polar surface area (TPSA) is 100 Å². The second-order valence-corrected chi connectivity index (χ2v) is 4.48. The lowest BCUT2D eigenvalue weighted by Gasteiger charge is -2.07. The van der Waals surface area contributed by atoms with E-state index in [1.165, 1.54) is 25.4 Å². The van der Waals surface area contributed by atoms with E-state index in [-0.39, 0.29) is 17.4 Å². The van der Waals surface area contributed by atoms with Gasteiger partial charge in [-0.15, -0.1) is 0 Å². The number of benzene rings is 1. The molecule has 1 aromatic carbocycles. The normalized spacial score (nSPS) is 10.1. The van der Waals surface area contributed by atoms with Crippen LogP contribution >= 0.6 is 11.6 Å². The first-order valence-electron chi connectivity index (χ1n) is 5.78. The van der Waals surface area contributed by atoms with Gasteiger partial charge in [0.25, 0.3) is 11.8 Å². The van der Waals surface area contributed by atoms with Gasteiger partial charge in [-0.05, 0) is 24.3 Å². The number of rotatable bonds is 3. The van der Waals surface area contributed by atoms with Crippen LogP contribution in [0, 0.1) is 0 Å². The molecule has 0 atom stereocenters. The summed E-state index contributed by atoms with van der Waals surface area (Å²) in [6, 6.07) is 6.18. The zero-order valence-electron chi connectivity index (χ0n) is 10.7. The van der Waals surface area contributed by atoms with Crippen LogP contribution in [-0.4, -0.2) is 23.8 Å². The maximum atomic E-state index is 11.9. The third kappa shape index (κ3) is 2.92. The van der Waals surface area contributed by atoms with Gasteiger partial charge >= 0.3 is 0 Å². The van der Waals surface area contributed by atoms with Crippen molar-refractivity contribution in [3.63, 3.8) is 0 Å². The van der Waals surface area contributed by atoms with Crippen molar-refractivity contribution in [2.24, 2.45) is 0 Å². The van der Waals surface area contributed by atoms with Crippen molar-refractivity contribution in [1.29, 1.82) is 0 Å². The highest BCUT2D eigenvalue weighted by Crippen LogP contribution is 2.21. The van der Waals surface area contributed by atoms with Crippen LogP contribution in [0.5, 0.6) is 0 Å². The number of carbonyl (C=O) groups is 2. The monoisotopic (exact) mass is 292 g/mol. The molecule has 7 heteroatoms. The summed E-state index contributed by atoms with van der Waals surface area (Å²) in [5.41, 5.74) is 7.09. The van der Waals surface area contributed by atoms with Crippen molar-refractivity contribution in [3.8, 4) is 0 Å². The van der Waals surface area contributed by atoms with Gasteiger partial charge in [-0.1, -0.05) is 11.6 Å². The summed E-state index contributed by atoms with van der Waals surface area (Å²) in [6.07, 6.45) is 1.52. The molecule has 0 bridgehead atoms. The van der Waals surface area contributed by atoms with Crippen LogP contribution in [-0.2, 0) is 0 Å². The van der Waals surface area contributed by atoms with Gasteiger partial charge < -0.3 is 21.4 Å². The molecular weight excluding hydrogens is 280 g/mol. The van der Waals surface area contributed by atoms with Crippen molar-refractivity contribution < 1.29 is 9.59 Å². The summed E-state index contributed by atoms with van der Waals surface area (Å²) in [5, 5.41) is 5.44. The largest absolute Gasteiger partial charge is 0.397 e. The SMILES string of the molecule is CNC(=O)c1cc(NC(=O)c2cc(N)c[nH]2)ccc1Cl. The molecule has 0 aliphatic heterocycles. The van der Waals surface area contributed by atoms with Crippen LogP contribution < -0.4 is 16.4 Å². The highest BCUT2D eigenvalue weighted by molar-refractivity contribution is 6.34. The van der Waals surface area contributed by atoms with E-state index in [2.05, 4.69) is 15.6 Å². The number of hydrogen-bond acceptors (Lipinski definition) is 3. The number of carbonyl (C=O) groups excluding carboxylic acids is 2. The van der Waals surface area contributed by atoms with Crippen LogP contribution in [0.1, 0.15) is 20.8 Å². The third-order valence-corrected chi connectivity index (χ3v) is 2.98. The van der Waals surface area contributed by atoms with E-state index in [4.69, 9.17) is 17.3 Å². The Morgan fingerprint density at radius 1 is 1.25 bits per heavy atom. The fraction of sp³-hybridized carbons (Fsp3) is 0.0769. The van der Waals surface area contributed by atoms with Crippen molar-refractivity contribution >= 4 is 34.8 Å². The first-order valence-corrected chi connectivity index (χ1v) is 6.16. The van der Waals surface area contributed by atoms with Crippen LogP contribution in [0.15, 0.2) is 30.5 Å². The van der Waals surface area contributed by atoms with E-state index >= 15 is 0 Å². The number of aromatic amines is 1. The predicted octanol–water partition coefficient (Wildman–Crippen LogP) is 1.86. The number of hydrogen-bond donors (Lipinski definition) is 4. The summed E-state index contributed by atoms with van der Waals surface area (Å²) in [5.74, 6) is -0.679. The molecule has 20 heavy (non-hydrogen) atoms. The number of nitrogens with two attached hydrogens (primary N) is 1. The lowest BCUT2D eigenvalue weighted by atomic mass is 10.2. The molecule has 1 aromatic heterocycles. The number of aromatic nitrogens is 1. The highest BCUT2D eigenvalue weighted by atomic mass is 35.5. The Kier molecular flexibility index (Phi) is 3.95. The number of amides is 2. The summed E-state index contributed by atoms with van der Waals surface area (Å²) in [4.78, 5) is 26.3. The molecule has 2 aromatic rings. The Hall–Kier alpha value is -2.47. The summed E-state index contributed by atoms with van der Waals surface area (Å²) < 4.78 is 0. The second-order valence-electron chi connectivity index (χ2n) is 4.07. The van der Waals surface area contributed by atoms with E-state index in [0.717, 1.165) is 0 Å². The summed E-state index contributed by atoms with van der Waals surface area (Å²) in [6.45, 7) is 0. The van der Waals surface area contributed by atoms with E-state index in [1.807, 2.05) is 0 Å². The van der Waals surface area contributed by atoms with E-state index in [0.29, 0.717) is 22.1 Å². The van der Waals surface area contributed by atoms with Gasteiger partial charge in [-0.3, -0.25) is 9.59 Å². The van der Waals surface area contributed by atoms with E-state index in [9.17, 15) is 9.59 Å². The van der Waals surface area contributed by atoms with Gasteiger partial charge in [0, 0.05) is 24.6 Å². The third-order valence-electron chi connectivity index (χ3n) is 2.65. The number of nitrogens with one attached hydrogen (secondary N) is 3. The van der Waals surface area contributed by atoms with Crippen LogP contribution in [0.4, 0.5) is 11.4 Å². The van der Waals surface area contributed by atoms with Gasteiger partial charge in [0.1, 0.15) is 5.69 Å². The first-order chi connectivity index (χ1) is 9.51. The molecule has 104 valence electrons. The molecule has 2 rings (SSSR count). The molecule has 0 aliphatic carbocycles. The van der Waals surface area contributed by atoms with Gasteiger partial charge in [0.2, 0.25) is 0 Å². The molecule has 2 amide bonds. The van der Waals surface area contributed by atoms with Crippen LogP contribution in [0.3, 0.4) is 0 Å². The molecule has 0 aliphatic rings. The van der Waals surface area contributed by atoms with Gasteiger partial charge in [-0.2, -0.15) is 0 Å². The van der Waals surface area contributed by atoms with Crippen molar-refractivity contribution in [2.45, 2.75) is 0 Å². The van der Waals surface area contributed by atoms with Gasteiger partial charge in [-0.25, -0.2) is 0 Å². The van der Waals surface area contributed by atoms with Crippen LogP contribution in [0.2, 0.25) is 5.02 Å². The molecular formula is C13H13ClN4O2. The summed E-state index contributed by atoms with van der Waals surface area (Å²) >= 11 is 5.93. The molecule has 6 nitrogen and oxygen atoms in total. The first kappa shape index (κ1) is 14.0. The average Bonchev–Trinajstić information content (AvgIpc) is 2.87. The van der Waals surface area contributed by atoms with Crippen molar-refractivity contribution in [1.82, 2.24) is 10.3 Å². The number of anilines is 2. The number of nitrogen functional groups attached to an aromatic ring is 1. The minimum Gasteiger partial charge on any atom is -0.397 e. The standard InChI is InChI=1S/C13H13ClN4O2/c1-16-12(19)9-5-8(2-3-10(9)14)18-13(20)11-4-7(15)6-17-11/h2-6,17H,15H2,1H3,(H,16,19)(H,18,20). The predicted molar refractivity (Wildman–Crippen MR) is 78.0 cm³/mol. The molecule has 0 spiro atoms. The Labute approximate surface area is 120 Å². The fourth-order valence-electron chi connectivity index (χ4n) is 1.65. The molecule has 1 heterocycles. The highest BCUT2D eigenvalue weighted by Gasteiger charge is 2.12. The summed E-state index contributed by atoms with van der Waals surface area (Å²) in [7, 11) is 1.51. The molecule has 0 fully saturated rings. The van der Waals surface area contributed by atoms with Gasteiger partial charge in [0.15, 0.2) is 0 Å². The average molecular weight is 293 g/mol. The maximum absolute atomic E-state index is 11.9.